The van der Waals surface area contributed by atoms with Crippen molar-refractivity contribution < 1.29 is 0 Å². The standard InChI is InChI=1S/C25H28.C2H6/c1-18(2)22-13-15-24(16-14-22)25(23-11-7-20(4)8-12-23)17-21-9-5-19(3)6-10-21;1-2/h5,7-19H,6H2,1-4H3;1-2H3/b25-17-;. The fourth-order valence-corrected chi connectivity index (χ4v) is 3.13. The molecule has 0 bridgehead atoms. The lowest BCUT2D eigenvalue weighted by atomic mass is 9.91. The molecule has 0 fully saturated rings. The highest BCUT2D eigenvalue weighted by Gasteiger charge is 2.09. The second-order valence-corrected chi connectivity index (χ2v) is 7.48. The Labute approximate surface area is 166 Å². The Bertz CT molecular complexity index is 796. The second kappa shape index (κ2) is 10.1. The lowest BCUT2D eigenvalue weighted by Crippen LogP contribution is -1.95. The summed E-state index contributed by atoms with van der Waals surface area (Å²) in [5, 5.41) is 0. The van der Waals surface area contributed by atoms with Gasteiger partial charge < -0.3 is 0 Å². The van der Waals surface area contributed by atoms with Gasteiger partial charge in [-0.1, -0.05) is 107 Å². The summed E-state index contributed by atoms with van der Waals surface area (Å²) in [6, 6.07) is 17.9. The number of allylic oxidation sites excluding steroid dienone is 5. The van der Waals surface area contributed by atoms with Gasteiger partial charge in [0.1, 0.15) is 0 Å². The maximum absolute atomic E-state index is 2.35. The van der Waals surface area contributed by atoms with Gasteiger partial charge in [-0.15, -0.1) is 0 Å². The lowest BCUT2D eigenvalue weighted by molar-refractivity contribution is 0.733. The van der Waals surface area contributed by atoms with Gasteiger partial charge in [0.05, 0.1) is 0 Å². The smallest absolute Gasteiger partial charge is 0.0106 e. The van der Waals surface area contributed by atoms with Gasteiger partial charge in [0.25, 0.3) is 0 Å². The lowest BCUT2D eigenvalue weighted by Gasteiger charge is -2.14. The van der Waals surface area contributed by atoms with Gasteiger partial charge >= 0.3 is 0 Å². The van der Waals surface area contributed by atoms with Crippen molar-refractivity contribution in [2.45, 2.75) is 53.9 Å². The monoisotopic (exact) mass is 358 g/mol. The minimum Gasteiger partial charge on any atom is -0.0808 e. The molecule has 0 N–H and O–H groups in total. The van der Waals surface area contributed by atoms with E-state index in [9.17, 15) is 0 Å². The molecule has 3 rings (SSSR count). The fraction of sp³-hybridized carbons (Fsp3) is 0.333. The number of rotatable bonds is 4. The van der Waals surface area contributed by atoms with Crippen molar-refractivity contribution >= 4 is 5.57 Å². The Balaban J connectivity index is 0.00000126. The third-order valence-corrected chi connectivity index (χ3v) is 4.90. The first kappa shape index (κ1) is 21.0. The van der Waals surface area contributed by atoms with Crippen LogP contribution in [0.15, 0.2) is 78.4 Å². The molecular weight excluding hydrogens is 324 g/mol. The molecule has 142 valence electrons. The van der Waals surface area contributed by atoms with Gasteiger partial charge in [0.15, 0.2) is 0 Å². The summed E-state index contributed by atoms with van der Waals surface area (Å²) in [7, 11) is 0. The van der Waals surface area contributed by atoms with Crippen molar-refractivity contribution in [3.8, 4) is 0 Å². The van der Waals surface area contributed by atoms with Gasteiger partial charge in [0.2, 0.25) is 0 Å². The summed E-state index contributed by atoms with van der Waals surface area (Å²) in [4.78, 5) is 0. The minimum atomic E-state index is 0.561. The van der Waals surface area contributed by atoms with Crippen LogP contribution in [0.5, 0.6) is 0 Å². The van der Waals surface area contributed by atoms with Crippen molar-refractivity contribution in [2.24, 2.45) is 5.92 Å². The molecular formula is C27H34. The summed E-state index contributed by atoms with van der Waals surface area (Å²) in [6.07, 6.45) is 10.4. The number of hydrogen-bond acceptors (Lipinski definition) is 0. The van der Waals surface area contributed by atoms with Crippen LogP contribution >= 0.6 is 0 Å². The van der Waals surface area contributed by atoms with Crippen LogP contribution in [-0.2, 0) is 0 Å². The molecule has 1 unspecified atom stereocenters. The third kappa shape index (κ3) is 5.82. The zero-order valence-corrected chi connectivity index (χ0v) is 17.8. The molecule has 0 saturated carbocycles. The predicted octanol–water partition coefficient (Wildman–Crippen LogP) is 8.10. The number of aryl methyl sites for hydroxylation is 1. The van der Waals surface area contributed by atoms with Gasteiger partial charge in [0, 0.05) is 0 Å². The Hall–Kier alpha value is -2.34. The predicted molar refractivity (Wildman–Crippen MR) is 121 cm³/mol. The van der Waals surface area contributed by atoms with Gasteiger partial charge in [-0.2, -0.15) is 0 Å². The van der Waals surface area contributed by atoms with Crippen LogP contribution < -0.4 is 0 Å². The molecule has 0 saturated heterocycles. The molecule has 27 heavy (non-hydrogen) atoms. The van der Waals surface area contributed by atoms with E-state index in [1.165, 1.54) is 33.4 Å². The van der Waals surface area contributed by atoms with Crippen molar-refractivity contribution in [1.82, 2.24) is 0 Å². The molecule has 1 atom stereocenters. The summed E-state index contributed by atoms with van der Waals surface area (Å²) in [5.41, 5.74) is 7.83. The molecule has 0 heteroatoms. The van der Waals surface area contributed by atoms with E-state index >= 15 is 0 Å². The number of benzene rings is 2. The first-order chi connectivity index (χ1) is 13.0. The van der Waals surface area contributed by atoms with E-state index < -0.39 is 0 Å². The normalized spacial score (nSPS) is 16.6. The van der Waals surface area contributed by atoms with Crippen LogP contribution in [-0.4, -0.2) is 0 Å². The van der Waals surface area contributed by atoms with Crippen molar-refractivity contribution in [2.75, 3.05) is 0 Å². The quantitative estimate of drug-likeness (QED) is 0.518. The summed E-state index contributed by atoms with van der Waals surface area (Å²) in [6.45, 7) is 12.9. The van der Waals surface area contributed by atoms with Crippen molar-refractivity contribution in [3.05, 3.63) is 101 Å². The summed E-state index contributed by atoms with van der Waals surface area (Å²) >= 11 is 0. The zero-order chi connectivity index (χ0) is 19.8. The average molecular weight is 359 g/mol. The number of hydrogen-bond donors (Lipinski definition) is 0. The van der Waals surface area contributed by atoms with Gasteiger partial charge in [-0.3, -0.25) is 0 Å². The van der Waals surface area contributed by atoms with Crippen molar-refractivity contribution in [3.63, 3.8) is 0 Å². The van der Waals surface area contributed by atoms with E-state index in [-0.39, 0.29) is 0 Å². The topological polar surface area (TPSA) is 0 Å². The fourth-order valence-electron chi connectivity index (χ4n) is 3.13. The van der Waals surface area contributed by atoms with E-state index in [4.69, 9.17) is 0 Å². The van der Waals surface area contributed by atoms with Crippen molar-refractivity contribution in [1.29, 1.82) is 0 Å². The molecule has 0 spiro atoms. The van der Waals surface area contributed by atoms with Crippen LogP contribution in [0, 0.1) is 12.8 Å². The van der Waals surface area contributed by atoms with Gasteiger partial charge in [-0.25, -0.2) is 0 Å². The Morgan fingerprint density at radius 2 is 1.48 bits per heavy atom. The highest BCUT2D eigenvalue weighted by Crippen LogP contribution is 2.28. The molecule has 0 nitrogen and oxygen atoms in total. The first-order valence-corrected chi connectivity index (χ1v) is 10.3. The van der Waals surface area contributed by atoms with Crippen LogP contribution in [0.3, 0.4) is 0 Å². The van der Waals surface area contributed by atoms with Crippen LogP contribution in [0.4, 0.5) is 0 Å². The van der Waals surface area contributed by atoms with E-state index in [0.29, 0.717) is 11.8 Å². The molecule has 0 amide bonds. The largest absolute Gasteiger partial charge is 0.0808 e. The second-order valence-electron chi connectivity index (χ2n) is 7.48. The molecule has 2 aromatic carbocycles. The molecule has 1 aliphatic carbocycles. The van der Waals surface area contributed by atoms with Crippen LogP contribution in [0.1, 0.15) is 69.2 Å². The molecule has 0 radical (unpaired) electrons. The Morgan fingerprint density at radius 3 is 1.96 bits per heavy atom. The van der Waals surface area contributed by atoms with E-state index in [2.05, 4.69) is 101 Å². The molecule has 0 aromatic heterocycles. The van der Waals surface area contributed by atoms with E-state index in [1.807, 2.05) is 13.8 Å². The van der Waals surface area contributed by atoms with Crippen LogP contribution in [0.2, 0.25) is 0 Å². The first-order valence-electron chi connectivity index (χ1n) is 10.3. The maximum Gasteiger partial charge on any atom is -0.0106 e. The molecule has 0 heterocycles. The highest BCUT2D eigenvalue weighted by molar-refractivity contribution is 5.82. The van der Waals surface area contributed by atoms with Gasteiger partial charge in [-0.05, 0) is 59.1 Å². The maximum atomic E-state index is 2.35. The Morgan fingerprint density at radius 1 is 0.926 bits per heavy atom. The molecule has 0 aliphatic heterocycles. The van der Waals surface area contributed by atoms with E-state index in [1.54, 1.807) is 0 Å². The highest BCUT2D eigenvalue weighted by atomic mass is 14.1. The summed E-state index contributed by atoms with van der Waals surface area (Å²) < 4.78 is 0. The SMILES string of the molecule is CC.Cc1ccc(/C(=C/C2=CCC(C)C=C2)c2ccc(C(C)C)cc2)cc1. The minimum absolute atomic E-state index is 0.561. The molecule has 2 aromatic rings. The van der Waals surface area contributed by atoms with E-state index in [0.717, 1.165) is 6.42 Å². The molecule has 1 aliphatic rings. The van der Waals surface area contributed by atoms with Crippen LogP contribution in [0.25, 0.3) is 5.57 Å². The zero-order valence-electron chi connectivity index (χ0n) is 17.8. The average Bonchev–Trinajstić information content (AvgIpc) is 2.70. The third-order valence-electron chi connectivity index (χ3n) is 4.90. The Kier molecular flexibility index (Phi) is 7.85. The summed E-state index contributed by atoms with van der Waals surface area (Å²) in [5.74, 6) is 1.21.